The van der Waals surface area contributed by atoms with E-state index in [2.05, 4.69) is 0 Å². The van der Waals surface area contributed by atoms with Gasteiger partial charge in [-0.15, -0.1) is 0 Å². The van der Waals surface area contributed by atoms with Crippen LogP contribution in [0.3, 0.4) is 0 Å². The predicted octanol–water partition coefficient (Wildman–Crippen LogP) is 2.08. The Morgan fingerprint density at radius 1 is 1.33 bits per heavy atom. The van der Waals surface area contributed by atoms with Crippen molar-refractivity contribution in [1.82, 2.24) is 0 Å². The van der Waals surface area contributed by atoms with E-state index in [1.807, 2.05) is 0 Å². The smallest absolute Gasteiger partial charge is 0.310 e. The standard InChI is InChI=1S/C16H24FN2O2/c1-13(20)19(10-7-15(18)8-11-19)9-2-12-21-16-5-3-14(17)4-6-16/h3-6,15H,2,7-12,18H2,1H3/q+1. The van der Waals surface area contributed by atoms with Gasteiger partial charge in [-0.3, -0.25) is 4.48 Å². The van der Waals surface area contributed by atoms with Gasteiger partial charge in [0.25, 0.3) is 0 Å². The molecule has 0 aromatic heterocycles. The zero-order chi connectivity index (χ0) is 15.3. The van der Waals surface area contributed by atoms with Crippen LogP contribution in [0.2, 0.25) is 0 Å². The van der Waals surface area contributed by atoms with Crippen molar-refractivity contribution in [3.05, 3.63) is 30.1 Å². The third-order valence-electron chi connectivity index (χ3n) is 4.34. The van der Waals surface area contributed by atoms with Gasteiger partial charge in [-0.05, 0) is 24.3 Å². The second-order valence-electron chi connectivity index (χ2n) is 5.83. The van der Waals surface area contributed by atoms with E-state index >= 15 is 0 Å². The number of carbonyl (C=O) groups excluding carboxylic acids is 1. The summed E-state index contributed by atoms with van der Waals surface area (Å²) in [4.78, 5) is 12.0. The highest BCUT2D eigenvalue weighted by Crippen LogP contribution is 2.20. The minimum Gasteiger partial charge on any atom is -0.493 e. The van der Waals surface area contributed by atoms with Gasteiger partial charge in [0.2, 0.25) is 0 Å². The van der Waals surface area contributed by atoms with Crippen LogP contribution in [0, 0.1) is 5.82 Å². The molecule has 0 radical (unpaired) electrons. The van der Waals surface area contributed by atoms with Gasteiger partial charge in [0.15, 0.2) is 0 Å². The Kier molecular flexibility index (Phi) is 5.31. The number of carbonyl (C=O) groups is 1. The van der Waals surface area contributed by atoms with Crippen LogP contribution in [-0.2, 0) is 4.79 Å². The van der Waals surface area contributed by atoms with Gasteiger partial charge in [-0.1, -0.05) is 0 Å². The van der Waals surface area contributed by atoms with Crippen LogP contribution in [0.5, 0.6) is 5.75 Å². The monoisotopic (exact) mass is 295 g/mol. The lowest BCUT2D eigenvalue weighted by Gasteiger charge is -2.40. The van der Waals surface area contributed by atoms with Gasteiger partial charge in [-0.25, -0.2) is 9.18 Å². The number of halogens is 1. The number of rotatable bonds is 5. The van der Waals surface area contributed by atoms with Gasteiger partial charge in [0.1, 0.15) is 11.6 Å². The third kappa shape index (κ3) is 4.25. The lowest BCUT2D eigenvalue weighted by atomic mass is 10.0. The fraction of sp³-hybridized carbons (Fsp3) is 0.562. The van der Waals surface area contributed by atoms with E-state index in [9.17, 15) is 9.18 Å². The minimum absolute atomic E-state index is 0.212. The van der Waals surface area contributed by atoms with Gasteiger partial charge in [0, 0.05) is 25.3 Å². The van der Waals surface area contributed by atoms with E-state index < -0.39 is 0 Å². The number of nitrogens with zero attached hydrogens (tertiary/aromatic N) is 1. The first-order chi connectivity index (χ1) is 10.0. The van der Waals surface area contributed by atoms with E-state index in [1.165, 1.54) is 12.1 Å². The molecule has 0 aliphatic carbocycles. The number of quaternary nitrogens is 1. The number of hydrogen-bond acceptors (Lipinski definition) is 3. The van der Waals surface area contributed by atoms with Crippen LogP contribution in [0.1, 0.15) is 26.2 Å². The highest BCUT2D eigenvalue weighted by molar-refractivity contribution is 5.65. The van der Waals surface area contributed by atoms with Crippen molar-refractivity contribution in [2.24, 2.45) is 5.73 Å². The summed E-state index contributed by atoms with van der Waals surface area (Å²) in [5, 5.41) is 0. The summed E-state index contributed by atoms with van der Waals surface area (Å²) in [6, 6.07) is 6.22. The summed E-state index contributed by atoms with van der Waals surface area (Å²) in [5.41, 5.74) is 5.92. The molecule has 1 heterocycles. The van der Waals surface area contributed by atoms with Gasteiger partial charge in [-0.2, -0.15) is 0 Å². The molecule has 1 aliphatic heterocycles. The van der Waals surface area contributed by atoms with Crippen LogP contribution in [0.4, 0.5) is 4.39 Å². The zero-order valence-electron chi connectivity index (χ0n) is 12.6. The average Bonchev–Trinajstić information content (AvgIpc) is 2.47. The van der Waals surface area contributed by atoms with Crippen molar-refractivity contribution in [2.75, 3.05) is 26.2 Å². The van der Waals surface area contributed by atoms with E-state index in [0.29, 0.717) is 16.8 Å². The normalized spacial score (nSPS) is 25.6. The molecule has 0 bridgehead atoms. The van der Waals surface area contributed by atoms with Crippen molar-refractivity contribution in [2.45, 2.75) is 32.2 Å². The highest BCUT2D eigenvalue weighted by Gasteiger charge is 2.36. The lowest BCUT2D eigenvalue weighted by Crippen LogP contribution is -2.58. The summed E-state index contributed by atoms with van der Waals surface area (Å²) in [6.07, 6.45) is 2.60. The number of likely N-dealkylation sites (tertiary alicyclic amines) is 1. The van der Waals surface area contributed by atoms with Crippen LogP contribution < -0.4 is 10.5 Å². The Morgan fingerprint density at radius 2 is 1.95 bits per heavy atom. The fourth-order valence-corrected chi connectivity index (χ4v) is 2.87. The molecule has 1 aromatic carbocycles. The van der Waals surface area contributed by atoms with Crippen molar-refractivity contribution in [1.29, 1.82) is 0 Å². The Balaban J connectivity index is 1.80. The molecule has 1 aliphatic rings. The van der Waals surface area contributed by atoms with E-state index in [1.54, 1.807) is 19.1 Å². The largest absolute Gasteiger partial charge is 0.493 e. The Morgan fingerprint density at radius 3 is 2.52 bits per heavy atom. The first kappa shape index (κ1) is 15.9. The first-order valence-electron chi connectivity index (χ1n) is 7.53. The number of amides is 1. The number of piperidine rings is 1. The first-order valence-corrected chi connectivity index (χ1v) is 7.53. The summed E-state index contributed by atoms with van der Waals surface area (Å²) in [5.74, 6) is 0.600. The molecule has 2 rings (SSSR count). The van der Waals surface area contributed by atoms with Gasteiger partial charge < -0.3 is 10.5 Å². The molecule has 21 heavy (non-hydrogen) atoms. The van der Waals surface area contributed by atoms with Crippen molar-refractivity contribution < 1.29 is 18.4 Å². The highest BCUT2D eigenvalue weighted by atomic mass is 19.1. The summed E-state index contributed by atoms with van der Waals surface area (Å²) < 4.78 is 18.9. The lowest BCUT2D eigenvalue weighted by molar-refractivity contribution is -0.859. The van der Waals surface area contributed by atoms with Crippen LogP contribution in [-0.4, -0.2) is 42.7 Å². The minimum atomic E-state index is -0.270. The second kappa shape index (κ2) is 7.00. The van der Waals surface area contributed by atoms with E-state index in [-0.39, 0.29) is 17.8 Å². The molecular formula is C16H24FN2O2+. The van der Waals surface area contributed by atoms with Gasteiger partial charge >= 0.3 is 5.91 Å². The maximum Gasteiger partial charge on any atom is 0.310 e. The molecule has 4 nitrogen and oxygen atoms in total. The number of hydrogen-bond donors (Lipinski definition) is 1. The molecule has 1 saturated heterocycles. The molecule has 2 N–H and O–H groups in total. The number of ether oxygens (including phenoxy) is 1. The van der Waals surface area contributed by atoms with Crippen molar-refractivity contribution in [3.8, 4) is 5.75 Å². The topological polar surface area (TPSA) is 52.3 Å². The molecule has 0 spiro atoms. The predicted molar refractivity (Wildman–Crippen MR) is 79.3 cm³/mol. The Labute approximate surface area is 125 Å². The molecule has 116 valence electrons. The molecule has 0 unspecified atom stereocenters. The molecule has 1 aromatic rings. The average molecular weight is 295 g/mol. The quantitative estimate of drug-likeness (QED) is 0.668. The maximum absolute atomic E-state index is 12.8. The van der Waals surface area contributed by atoms with Gasteiger partial charge in [0.05, 0.1) is 33.2 Å². The molecular weight excluding hydrogens is 271 g/mol. The Hall–Kier alpha value is -1.46. The van der Waals surface area contributed by atoms with Crippen molar-refractivity contribution >= 4 is 5.91 Å². The SMILES string of the molecule is CC(=O)[N+]1(CCCOc2ccc(F)cc2)CCC(N)CC1. The molecule has 1 amide bonds. The zero-order valence-corrected chi connectivity index (χ0v) is 12.6. The molecule has 1 fully saturated rings. The Bertz CT molecular complexity index is 468. The van der Waals surface area contributed by atoms with E-state index in [4.69, 9.17) is 10.5 Å². The second-order valence-corrected chi connectivity index (χ2v) is 5.83. The summed E-state index contributed by atoms with van der Waals surface area (Å²) >= 11 is 0. The molecule has 0 atom stereocenters. The number of benzene rings is 1. The summed E-state index contributed by atoms with van der Waals surface area (Å²) in [6.45, 7) is 4.63. The molecule has 0 saturated carbocycles. The van der Waals surface area contributed by atoms with E-state index in [0.717, 1.165) is 38.9 Å². The third-order valence-corrected chi connectivity index (χ3v) is 4.34. The maximum atomic E-state index is 12.8. The van der Waals surface area contributed by atoms with Crippen LogP contribution in [0.15, 0.2) is 24.3 Å². The molecule has 5 heteroatoms. The van der Waals surface area contributed by atoms with Crippen LogP contribution in [0.25, 0.3) is 0 Å². The fourth-order valence-electron chi connectivity index (χ4n) is 2.87. The number of nitrogens with two attached hydrogens (primary N) is 1. The van der Waals surface area contributed by atoms with Crippen LogP contribution >= 0.6 is 0 Å². The van der Waals surface area contributed by atoms with Crippen molar-refractivity contribution in [3.63, 3.8) is 0 Å². The summed E-state index contributed by atoms with van der Waals surface area (Å²) in [7, 11) is 0.